The molecule has 0 fully saturated rings. The third kappa shape index (κ3) is 6.07. The number of amides is 1. The van der Waals surface area contributed by atoms with Crippen LogP contribution in [0, 0.1) is 6.92 Å². The minimum Gasteiger partial charge on any atom is -0.491 e. The van der Waals surface area contributed by atoms with Crippen LogP contribution in [0.5, 0.6) is 5.75 Å². The number of hydrogen-bond donors (Lipinski definition) is 2. The summed E-state index contributed by atoms with van der Waals surface area (Å²) in [5, 5.41) is 13.2. The van der Waals surface area contributed by atoms with Crippen LogP contribution in [0.4, 0.5) is 0 Å². The van der Waals surface area contributed by atoms with Gasteiger partial charge in [0.1, 0.15) is 18.5 Å². The Bertz CT molecular complexity index is 698. The van der Waals surface area contributed by atoms with Crippen molar-refractivity contribution in [2.75, 3.05) is 13.2 Å². The largest absolute Gasteiger partial charge is 0.491 e. The maximum Gasteiger partial charge on any atom is 0.244 e. The maximum atomic E-state index is 11.7. The molecule has 24 heavy (non-hydrogen) atoms. The van der Waals surface area contributed by atoms with Crippen LogP contribution in [0.25, 0.3) is 6.08 Å². The van der Waals surface area contributed by atoms with E-state index in [0.29, 0.717) is 5.02 Å². The zero-order valence-corrected chi connectivity index (χ0v) is 14.2. The minimum atomic E-state index is -0.780. The summed E-state index contributed by atoms with van der Waals surface area (Å²) in [5.74, 6) is 0.449. The van der Waals surface area contributed by atoms with Crippen molar-refractivity contribution in [3.05, 3.63) is 70.8 Å². The van der Waals surface area contributed by atoms with Gasteiger partial charge in [0.05, 0.1) is 0 Å². The third-order valence-corrected chi connectivity index (χ3v) is 3.59. The number of ether oxygens (including phenoxy) is 1. The van der Waals surface area contributed by atoms with Gasteiger partial charge < -0.3 is 15.2 Å². The van der Waals surface area contributed by atoms with E-state index in [9.17, 15) is 9.90 Å². The molecule has 0 aliphatic rings. The number of aliphatic hydroxyl groups is 1. The topological polar surface area (TPSA) is 58.6 Å². The summed E-state index contributed by atoms with van der Waals surface area (Å²) >= 11 is 5.80. The first-order valence-electron chi connectivity index (χ1n) is 7.62. The molecule has 2 aromatic rings. The van der Waals surface area contributed by atoms with Gasteiger partial charge in [-0.05, 0) is 42.3 Å². The van der Waals surface area contributed by atoms with Crippen LogP contribution in [0.3, 0.4) is 0 Å². The van der Waals surface area contributed by atoms with E-state index < -0.39 is 6.10 Å². The highest BCUT2D eigenvalue weighted by Gasteiger charge is 2.07. The van der Waals surface area contributed by atoms with Gasteiger partial charge in [-0.3, -0.25) is 4.79 Å². The molecule has 1 unspecified atom stereocenters. The molecule has 0 aromatic heterocycles. The van der Waals surface area contributed by atoms with E-state index in [-0.39, 0.29) is 19.1 Å². The van der Waals surface area contributed by atoms with Gasteiger partial charge in [0, 0.05) is 17.6 Å². The summed E-state index contributed by atoms with van der Waals surface area (Å²) in [6.45, 7) is 2.17. The molecule has 0 saturated heterocycles. The average Bonchev–Trinajstić information content (AvgIpc) is 2.58. The van der Waals surface area contributed by atoms with Crippen molar-refractivity contribution < 1.29 is 14.6 Å². The van der Waals surface area contributed by atoms with Crippen LogP contribution >= 0.6 is 11.6 Å². The number of rotatable bonds is 7. The number of para-hydroxylation sites is 1. The third-order valence-electron chi connectivity index (χ3n) is 3.33. The van der Waals surface area contributed by atoms with E-state index in [1.165, 1.54) is 6.08 Å². The molecule has 5 heteroatoms. The number of carbonyl (C=O) groups excluding carboxylic acids is 1. The number of benzene rings is 2. The Morgan fingerprint density at radius 3 is 2.67 bits per heavy atom. The van der Waals surface area contributed by atoms with Crippen LogP contribution in [-0.4, -0.2) is 30.3 Å². The molecule has 0 heterocycles. The summed E-state index contributed by atoms with van der Waals surface area (Å²) in [7, 11) is 0. The van der Waals surface area contributed by atoms with Crippen molar-refractivity contribution in [3.8, 4) is 5.75 Å². The van der Waals surface area contributed by atoms with Gasteiger partial charge in [-0.15, -0.1) is 0 Å². The predicted molar refractivity (Wildman–Crippen MR) is 96.2 cm³/mol. The summed E-state index contributed by atoms with van der Waals surface area (Å²) in [6, 6.07) is 14.7. The Balaban J connectivity index is 1.73. The van der Waals surface area contributed by atoms with E-state index in [1.807, 2.05) is 43.3 Å². The van der Waals surface area contributed by atoms with Crippen LogP contribution in [0.2, 0.25) is 5.02 Å². The fourth-order valence-electron chi connectivity index (χ4n) is 1.99. The quantitative estimate of drug-likeness (QED) is 0.757. The molecular weight excluding hydrogens is 326 g/mol. The lowest BCUT2D eigenvalue weighted by molar-refractivity contribution is -0.117. The van der Waals surface area contributed by atoms with Crippen LogP contribution in [0.15, 0.2) is 54.6 Å². The zero-order chi connectivity index (χ0) is 17.4. The van der Waals surface area contributed by atoms with Crippen molar-refractivity contribution in [2.45, 2.75) is 13.0 Å². The molecular formula is C19H20ClNO3. The van der Waals surface area contributed by atoms with E-state index in [2.05, 4.69) is 5.32 Å². The lowest BCUT2D eigenvalue weighted by Crippen LogP contribution is -2.34. The predicted octanol–water partition coefficient (Wildman–Crippen LogP) is 3.22. The number of carbonyl (C=O) groups is 1. The molecule has 0 radical (unpaired) electrons. The van der Waals surface area contributed by atoms with Gasteiger partial charge in [-0.25, -0.2) is 0 Å². The highest BCUT2D eigenvalue weighted by atomic mass is 35.5. The van der Waals surface area contributed by atoms with E-state index in [4.69, 9.17) is 16.3 Å². The first-order chi connectivity index (χ1) is 11.5. The summed E-state index contributed by atoms with van der Waals surface area (Å²) < 4.78 is 5.54. The van der Waals surface area contributed by atoms with Crippen LogP contribution in [-0.2, 0) is 4.79 Å². The molecule has 0 spiro atoms. The Labute approximate surface area is 146 Å². The summed E-state index contributed by atoms with van der Waals surface area (Å²) in [5.41, 5.74) is 1.87. The van der Waals surface area contributed by atoms with Gasteiger partial charge in [0.25, 0.3) is 0 Å². The van der Waals surface area contributed by atoms with E-state index in [1.54, 1.807) is 18.2 Å². The molecule has 0 aliphatic carbocycles. The lowest BCUT2D eigenvalue weighted by atomic mass is 10.2. The van der Waals surface area contributed by atoms with Crippen molar-refractivity contribution in [2.24, 2.45) is 0 Å². The second-order valence-electron chi connectivity index (χ2n) is 5.36. The fourth-order valence-corrected chi connectivity index (χ4v) is 2.11. The Kier molecular flexibility index (Phi) is 6.85. The number of aryl methyl sites for hydroxylation is 1. The molecule has 126 valence electrons. The smallest absolute Gasteiger partial charge is 0.244 e. The molecule has 2 rings (SSSR count). The number of aliphatic hydroxyl groups excluding tert-OH is 1. The van der Waals surface area contributed by atoms with Crippen molar-refractivity contribution >= 4 is 23.6 Å². The molecule has 2 N–H and O–H groups in total. The lowest BCUT2D eigenvalue weighted by Gasteiger charge is -2.14. The second-order valence-corrected chi connectivity index (χ2v) is 5.80. The zero-order valence-electron chi connectivity index (χ0n) is 13.4. The van der Waals surface area contributed by atoms with E-state index >= 15 is 0 Å². The van der Waals surface area contributed by atoms with Gasteiger partial charge >= 0.3 is 0 Å². The van der Waals surface area contributed by atoms with Crippen LogP contribution in [0.1, 0.15) is 11.1 Å². The molecule has 1 amide bonds. The first-order valence-corrected chi connectivity index (χ1v) is 8.00. The average molecular weight is 346 g/mol. The summed E-state index contributed by atoms with van der Waals surface area (Å²) in [4.78, 5) is 11.7. The van der Waals surface area contributed by atoms with Gasteiger partial charge in [-0.2, -0.15) is 0 Å². The monoisotopic (exact) mass is 345 g/mol. The SMILES string of the molecule is Cc1ccccc1OCC(O)CNC(=O)/C=C/c1ccc(Cl)cc1. The molecule has 0 aliphatic heterocycles. The highest BCUT2D eigenvalue weighted by Crippen LogP contribution is 2.16. The van der Waals surface area contributed by atoms with Gasteiger partial charge in [0.15, 0.2) is 0 Å². The second kappa shape index (κ2) is 9.11. The van der Waals surface area contributed by atoms with Gasteiger partial charge in [-0.1, -0.05) is 41.9 Å². The standard InChI is InChI=1S/C19H20ClNO3/c1-14-4-2-3-5-18(14)24-13-17(22)12-21-19(23)11-8-15-6-9-16(20)10-7-15/h2-11,17,22H,12-13H2,1H3,(H,21,23)/b11-8+. The number of nitrogens with one attached hydrogen (secondary N) is 1. The fraction of sp³-hybridized carbons (Fsp3) is 0.211. The van der Waals surface area contributed by atoms with Crippen LogP contribution < -0.4 is 10.1 Å². The number of halogens is 1. The molecule has 2 aromatic carbocycles. The molecule has 0 saturated carbocycles. The Hall–Kier alpha value is -2.30. The minimum absolute atomic E-state index is 0.117. The van der Waals surface area contributed by atoms with Crippen molar-refractivity contribution in [1.82, 2.24) is 5.32 Å². The van der Waals surface area contributed by atoms with Crippen molar-refractivity contribution in [1.29, 1.82) is 0 Å². The normalized spacial score (nSPS) is 12.1. The molecule has 0 bridgehead atoms. The van der Waals surface area contributed by atoms with Gasteiger partial charge in [0.2, 0.25) is 5.91 Å². The number of hydrogen-bond acceptors (Lipinski definition) is 3. The highest BCUT2D eigenvalue weighted by molar-refractivity contribution is 6.30. The first kappa shape index (κ1) is 18.0. The Morgan fingerprint density at radius 2 is 1.96 bits per heavy atom. The molecule has 4 nitrogen and oxygen atoms in total. The summed E-state index contributed by atoms with van der Waals surface area (Å²) in [6.07, 6.45) is 2.32. The van der Waals surface area contributed by atoms with E-state index in [0.717, 1.165) is 16.9 Å². The maximum absolute atomic E-state index is 11.7. The van der Waals surface area contributed by atoms with Crippen molar-refractivity contribution in [3.63, 3.8) is 0 Å². The molecule has 1 atom stereocenters. The Morgan fingerprint density at radius 1 is 1.25 bits per heavy atom.